The van der Waals surface area contributed by atoms with Crippen LogP contribution in [0.15, 0.2) is 24.3 Å². The lowest BCUT2D eigenvalue weighted by molar-refractivity contribution is -0.914. The Bertz CT molecular complexity index is 493. The average Bonchev–Trinajstić information content (AvgIpc) is 2.47. The first-order chi connectivity index (χ1) is 10.5. The molecule has 1 unspecified atom stereocenters. The van der Waals surface area contributed by atoms with E-state index in [0.717, 1.165) is 37.8 Å². The Kier molecular flexibility index (Phi) is 6.61. The minimum atomic E-state index is 0.235. The molecule has 1 aromatic carbocycles. The van der Waals surface area contributed by atoms with Gasteiger partial charge in [-0.05, 0) is 30.8 Å². The lowest BCUT2D eigenvalue weighted by Gasteiger charge is -2.31. The maximum Gasteiger partial charge on any atom is 0.170 e. The predicted molar refractivity (Wildman–Crippen MR) is 95.5 cm³/mol. The van der Waals surface area contributed by atoms with Crippen molar-refractivity contribution in [3.8, 4) is 0 Å². The highest BCUT2D eigenvalue weighted by molar-refractivity contribution is 7.80. The zero-order valence-electron chi connectivity index (χ0n) is 13.8. The van der Waals surface area contributed by atoms with Crippen molar-refractivity contribution in [2.45, 2.75) is 26.9 Å². The van der Waals surface area contributed by atoms with Crippen molar-refractivity contribution < 1.29 is 9.64 Å². The van der Waals surface area contributed by atoms with E-state index in [9.17, 15) is 0 Å². The van der Waals surface area contributed by atoms with E-state index in [2.05, 4.69) is 37.5 Å². The highest BCUT2D eigenvalue weighted by Gasteiger charge is 2.24. The van der Waals surface area contributed by atoms with E-state index >= 15 is 0 Å². The van der Waals surface area contributed by atoms with Gasteiger partial charge in [-0.25, -0.2) is 0 Å². The van der Waals surface area contributed by atoms with Gasteiger partial charge in [0.15, 0.2) is 5.11 Å². The van der Waals surface area contributed by atoms with Crippen LogP contribution in [0, 0.1) is 12.8 Å². The van der Waals surface area contributed by atoms with Crippen LogP contribution in [-0.4, -0.2) is 44.0 Å². The van der Waals surface area contributed by atoms with Gasteiger partial charge in [-0.2, -0.15) is 0 Å². The molecule has 122 valence electrons. The number of hydrogen-bond donors (Lipinski definition) is 3. The maximum atomic E-state index is 5.84. The lowest BCUT2D eigenvalue weighted by Crippen LogP contribution is -3.15. The van der Waals surface area contributed by atoms with Crippen LogP contribution in [0.3, 0.4) is 0 Å². The Labute approximate surface area is 139 Å². The standard InChI is InChI=1S/C17H27N3OS/c1-13(2)11-20-8-9-21-15(12-20)10-18-17(22)19-16-7-5-4-6-14(16)3/h4-7,13,15H,8-12H2,1-3H3,(H2,18,19,22)/p+1/t15-/m0/s1. The fourth-order valence-electron chi connectivity index (χ4n) is 2.83. The SMILES string of the molecule is Cc1ccccc1NC(=S)NC[C@H]1C[NH+](CC(C)C)CCO1. The smallest absolute Gasteiger partial charge is 0.170 e. The second kappa shape index (κ2) is 8.46. The monoisotopic (exact) mass is 322 g/mol. The zero-order valence-corrected chi connectivity index (χ0v) is 14.6. The average molecular weight is 322 g/mol. The van der Waals surface area contributed by atoms with Gasteiger partial charge < -0.3 is 20.3 Å². The first kappa shape index (κ1) is 17.2. The van der Waals surface area contributed by atoms with E-state index < -0.39 is 0 Å². The quantitative estimate of drug-likeness (QED) is 0.713. The van der Waals surface area contributed by atoms with Gasteiger partial charge >= 0.3 is 0 Å². The number of anilines is 1. The number of quaternary nitrogens is 1. The summed E-state index contributed by atoms with van der Waals surface area (Å²) in [5.74, 6) is 0.727. The van der Waals surface area contributed by atoms with Gasteiger partial charge in [0.25, 0.3) is 0 Å². The molecule has 1 aliphatic rings. The van der Waals surface area contributed by atoms with E-state index in [1.807, 2.05) is 18.2 Å². The van der Waals surface area contributed by atoms with Crippen LogP contribution in [0.4, 0.5) is 5.69 Å². The Morgan fingerprint density at radius 3 is 2.91 bits per heavy atom. The van der Waals surface area contributed by atoms with Crippen LogP contribution in [0.5, 0.6) is 0 Å². The number of nitrogens with one attached hydrogen (secondary N) is 3. The third-order valence-electron chi connectivity index (χ3n) is 3.91. The van der Waals surface area contributed by atoms with Crippen molar-refractivity contribution >= 4 is 23.0 Å². The molecule has 0 aliphatic carbocycles. The summed E-state index contributed by atoms with van der Waals surface area (Å²) in [6.07, 6.45) is 0.235. The summed E-state index contributed by atoms with van der Waals surface area (Å²) in [5, 5.41) is 7.20. The Balaban J connectivity index is 1.75. The number of aryl methyl sites for hydroxylation is 1. The molecule has 0 aromatic heterocycles. The molecule has 4 nitrogen and oxygen atoms in total. The van der Waals surface area contributed by atoms with Crippen LogP contribution >= 0.6 is 12.2 Å². The number of rotatable bonds is 5. The summed E-state index contributed by atoms with van der Waals surface area (Å²) < 4.78 is 5.84. The van der Waals surface area contributed by atoms with E-state index in [1.54, 1.807) is 4.90 Å². The van der Waals surface area contributed by atoms with E-state index in [0.29, 0.717) is 5.11 Å². The second-order valence-corrected chi connectivity index (χ2v) is 6.85. The Morgan fingerprint density at radius 2 is 2.18 bits per heavy atom. The number of thiocarbonyl (C=S) groups is 1. The summed E-state index contributed by atoms with van der Waals surface area (Å²) in [7, 11) is 0. The first-order valence-electron chi connectivity index (χ1n) is 8.10. The molecule has 0 amide bonds. The van der Waals surface area contributed by atoms with Crippen molar-refractivity contribution in [3.05, 3.63) is 29.8 Å². The molecule has 1 heterocycles. The summed E-state index contributed by atoms with van der Waals surface area (Å²) in [5.41, 5.74) is 2.24. The number of ether oxygens (including phenoxy) is 1. The first-order valence-corrected chi connectivity index (χ1v) is 8.51. The molecule has 2 atom stereocenters. The topological polar surface area (TPSA) is 37.7 Å². The Morgan fingerprint density at radius 1 is 1.41 bits per heavy atom. The molecule has 3 N–H and O–H groups in total. The molecular weight excluding hydrogens is 294 g/mol. The molecule has 2 rings (SSSR count). The van der Waals surface area contributed by atoms with Crippen LogP contribution in [0.25, 0.3) is 0 Å². The summed E-state index contributed by atoms with van der Waals surface area (Å²) >= 11 is 5.38. The summed E-state index contributed by atoms with van der Waals surface area (Å²) in [6, 6.07) is 8.14. The molecule has 5 heteroatoms. The van der Waals surface area contributed by atoms with Gasteiger partial charge in [-0.1, -0.05) is 32.0 Å². The summed E-state index contributed by atoms with van der Waals surface area (Å²) in [4.78, 5) is 1.63. The van der Waals surface area contributed by atoms with Gasteiger partial charge in [-0.15, -0.1) is 0 Å². The largest absolute Gasteiger partial charge is 0.365 e. The van der Waals surface area contributed by atoms with Gasteiger partial charge in [-0.3, -0.25) is 0 Å². The summed E-state index contributed by atoms with van der Waals surface area (Å²) in [6.45, 7) is 11.6. The van der Waals surface area contributed by atoms with Gasteiger partial charge in [0.05, 0.1) is 13.2 Å². The van der Waals surface area contributed by atoms with Crippen LogP contribution < -0.4 is 15.5 Å². The highest BCUT2D eigenvalue weighted by Crippen LogP contribution is 2.12. The van der Waals surface area contributed by atoms with Crippen molar-refractivity contribution in [2.24, 2.45) is 5.92 Å². The molecule has 0 bridgehead atoms. The zero-order chi connectivity index (χ0) is 15.9. The second-order valence-electron chi connectivity index (χ2n) is 6.44. The predicted octanol–water partition coefficient (Wildman–Crippen LogP) is 1.22. The lowest BCUT2D eigenvalue weighted by atomic mass is 10.2. The number of benzene rings is 1. The fraction of sp³-hybridized carbons (Fsp3) is 0.588. The maximum absolute atomic E-state index is 5.84. The van der Waals surface area contributed by atoms with E-state index in [4.69, 9.17) is 17.0 Å². The number of morpholine rings is 1. The molecule has 1 aliphatic heterocycles. The van der Waals surface area contributed by atoms with E-state index in [-0.39, 0.29) is 6.10 Å². The molecule has 0 radical (unpaired) electrons. The van der Waals surface area contributed by atoms with Gasteiger partial charge in [0, 0.05) is 18.2 Å². The molecule has 22 heavy (non-hydrogen) atoms. The van der Waals surface area contributed by atoms with Crippen molar-refractivity contribution in [1.29, 1.82) is 0 Å². The van der Waals surface area contributed by atoms with Crippen molar-refractivity contribution in [3.63, 3.8) is 0 Å². The van der Waals surface area contributed by atoms with Crippen LogP contribution in [0.1, 0.15) is 19.4 Å². The molecule has 1 aromatic rings. The fourth-order valence-corrected chi connectivity index (χ4v) is 3.03. The van der Waals surface area contributed by atoms with Crippen LogP contribution in [-0.2, 0) is 4.74 Å². The molecule has 1 saturated heterocycles. The highest BCUT2D eigenvalue weighted by atomic mass is 32.1. The molecular formula is C17H28N3OS+. The minimum absolute atomic E-state index is 0.235. The molecule has 0 saturated carbocycles. The van der Waals surface area contributed by atoms with Gasteiger partial charge in [0.2, 0.25) is 0 Å². The number of hydrogen-bond acceptors (Lipinski definition) is 2. The van der Waals surface area contributed by atoms with Crippen LogP contribution in [0.2, 0.25) is 0 Å². The minimum Gasteiger partial charge on any atom is -0.365 e. The Hall–Kier alpha value is -1.17. The van der Waals surface area contributed by atoms with E-state index in [1.165, 1.54) is 12.1 Å². The third kappa shape index (κ3) is 5.55. The van der Waals surface area contributed by atoms with Crippen molar-refractivity contribution in [1.82, 2.24) is 5.32 Å². The van der Waals surface area contributed by atoms with Crippen molar-refractivity contribution in [2.75, 3.05) is 38.1 Å². The third-order valence-corrected chi connectivity index (χ3v) is 4.15. The number of para-hydroxylation sites is 1. The normalized spacial score (nSPS) is 21.6. The molecule has 1 fully saturated rings. The van der Waals surface area contributed by atoms with Gasteiger partial charge in [0.1, 0.15) is 19.2 Å². The molecule has 0 spiro atoms.